The van der Waals surface area contributed by atoms with E-state index in [0.29, 0.717) is 10.8 Å². The summed E-state index contributed by atoms with van der Waals surface area (Å²) in [6, 6.07) is 0. The van der Waals surface area contributed by atoms with E-state index in [1.165, 1.54) is 83.5 Å². The van der Waals surface area contributed by atoms with Gasteiger partial charge < -0.3 is 10.8 Å². The van der Waals surface area contributed by atoms with Crippen LogP contribution in [0.5, 0.6) is 0 Å². The number of nitrogens with two attached hydrogens (primary N) is 1. The number of rotatable bonds is 9. The molecule has 4 aliphatic rings. The van der Waals surface area contributed by atoms with Gasteiger partial charge >= 0.3 is 0 Å². The van der Waals surface area contributed by atoms with E-state index in [1.54, 1.807) is 5.57 Å². The van der Waals surface area contributed by atoms with Crippen LogP contribution < -0.4 is 5.73 Å². The number of hydrogen-bond acceptors (Lipinski definition) is 2. The van der Waals surface area contributed by atoms with E-state index >= 15 is 0 Å². The molecule has 0 spiro atoms. The molecular weight excluding hydrogens is 426 g/mol. The van der Waals surface area contributed by atoms with Gasteiger partial charge in [-0.2, -0.15) is 0 Å². The molecule has 0 aromatic heterocycles. The van der Waals surface area contributed by atoms with Crippen LogP contribution in [-0.2, 0) is 0 Å². The average Bonchev–Trinajstić information content (AvgIpc) is 3.17. The molecule has 0 aromatic rings. The van der Waals surface area contributed by atoms with E-state index in [0.717, 1.165) is 54.9 Å². The second-order valence-electron chi connectivity index (χ2n) is 14.0. The van der Waals surface area contributed by atoms with Crippen molar-refractivity contribution in [3.8, 4) is 0 Å². The summed E-state index contributed by atoms with van der Waals surface area (Å²) in [5.74, 6) is 5.46. The molecule has 35 heavy (non-hydrogen) atoms. The van der Waals surface area contributed by atoms with Gasteiger partial charge in [0.15, 0.2) is 0 Å². The molecule has 0 aliphatic heterocycles. The molecular formula is C33H61NO. The lowest BCUT2D eigenvalue weighted by atomic mass is 9.47. The normalized spacial score (nSPS) is 39.1. The van der Waals surface area contributed by atoms with E-state index in [9.17, 15) is 5.11 Å². The van der Waals surface area contributed by atoms with Gasteiger partial charge in [-0.3, -0.25) is 0 Å². The van der Waals surface area contributed by atoms with Crippen LogP contribution in [-0.4, -0.2) is 17.8 Å². The molecule has 4 rings (SSSR count). The Morgan fingerprint density at radius 2 is 1.71 bits per heavy atom. The van der Waals surface area contributed by atoms with Gasteiger partial charge in [0.05, 0.1) is 6.10 Å². The van der Waals surface area contributed by atoms with Crippen LogP contribution in [0.4, 0.5) is 0 Å². The summed E-state index contributed by atoms with van der Waals surface area (Å²) >= 11 is 0. The summed E-state index contributed by atoms with van der Waals surface area (Å²) in [6.45, 7) is 15.6. The van der Waals surface area contributed by atoms with Crippen molar-refractivity contribution in [1.29, 1.82) is 0 Å². The molecule has 1 unspecified atom stereocenters. The molecule has 3 saturated carbocycles. The third-order valence-corrected chi connectivity index (χ3v) is 11.3. The van der Waals surface area contributed by atoms with Crippen molar-refractivity contribution >= 4 is 0 Å². The number of unbranched alkanes of at least 4 members (excludes halogenated alkanes) is 3. The first kappa shape index (κ1) is 29.2. The molecule has 3 N–H and O–H groups in total. The number of allylic oxidation sites excluding steroid dienone is 1. The SMILES string of the molecule is CC(C)CCC[C@@H](C)[C@H]1CC[C@H]2[C@@H]3CC=C4CC(O)CC[C@]4(C)[C@H]3CC[C@]12C.CCCCCCN. The largest absolute Gasteiger partial charge is 0.393 e. The van der Waals surface area contributed by atoms with Crippen LogP contribution in [0.2, 0.25) is 0 Å². The Labute approximate surface area is 219 Å². The van der Waals surface area contributed by atoms with Gasteiger partial charge in [-0.1, -0.05) is 91.7 Å². The Hall–Kier alpha value is -0.340. The van der Waals surface area contributed by atoms with Gasteiger partial charge in [0.2, 0.25) is 0 Å². The van der Waals surface area contributed by atoms with E-state index in [2.05, 4.69) is 47.6 Å². The van der Waals surface area contributed by atoms with E-state index in [4.69, 9.17) is 5.73 Å². The van der Waals surface area contributed by atoms with Crippen molar-refractivity contribution < 1.29 is 5.11 Å². The second kappa shape index (κ2) is 12.9. The fraction of sp³-hybridized carbons (Fsp3) is 0.939. The third kappa shape index (κ3) is 6.57. The van der Waals surface area contributed by atoms with Crippen LogP contribution in [0.25, 0.3) is 0 Å². The zero-order chi connectivity index (χ0) is 25.6. The highest BCUT2D eigenvalue weighted by Gasteiger charge is 2.59. The molecule has 0 heterocycles. The van der Waals surface area contributed by atoms with Gasteiger partial charge in [-0.25, -0.2) is 0 Å². The first-order valence-electron chi connectivity index (χ1n) is 15.7. The number of hydrogen-bond donors (Lipinski definition) is 2. The second-order valence-corrected chi connectivity index (χ2v) is 14.0. The molecule has 8 atom stereocenters. The number of aliphatic hydroxyl groups excluding tert-OH is 1. The Bertz CT molecular complexity index is 666. The molecule has 4 aliphatic carbocycles. The van der Waals surface area contributed by atoms with Gasteiger partial charge in [0, 0.05) is 0 Å². The zero-order valence-corrected chi connectivity index (χ0v) is 24.5. The maximum atomic E-state index is 10.2. The Morgan fingerprint density at radius 1 is 0.943 bits per heavy atom. The molecule has 2 heteroatoms. The van der Waals surface area contributed by atoms with Gasteiger partial charge in [0.1, 0.15) is 0 Å². The highest BCUT2D eigenvalue weighted by atomic mass is 16.3. The predicted octanol–water partition coefficient (Wildman–Crippen LogP) is 8.91. The average molecular weight is 488 g/mol. The Kier molecular flexibility index (Phi) is 10.8. The molecule has 0 bridgehead atoms. The summed E-state index contributed by atoms with van der Waals surface area (Å²) in [5.41, 5.74) is 7.87. The van der Waals surface area contributed by atoms with Crippen LogP contribution >= 0.6 is 0 Å². The zero-order valence-electron chi connectivity index (χ0n) is 24.5. The first-order chi connectivity index (χ1) is 16.7. The summed E-state index contributed by atoms with van der Waals surface area (Å²) in [5, 5.41) is 10.2. The molecule has 0 saturated heterocycles. The number of fused-ring (bicyclic) bond motifs is 5. The standard InChI is InChI=1S/C27H46O.C6H15N/c1-18(2)7-6-8-19(3)23-11-12-24-22-10-9-20-17-21(28)13-15-26(20,4)25(22)14-16-27(23,24)5;1-2-3-4-5-6-7/h9,18-19,21-25,28H,6-8,10-17H2,1-5H3;2-7H2,1H3/t19-,21?,22+,23-,24+,25+,26+,27-;/m1./s1. The minimum Gasteiger partial charge on any atom is -0.393 e. The molecule has 204 valence electrons. The van der Waals surface area contributed by atoms with Crippen molar-refractivity contribution in [2.24, 2.45) is 52.1 Å². The minimum atomic E-state index is -0.0766. The van der Waals surface area contributed by atoms with Crippen molar-refractivity contribution in [2.75, 3.05) is 6.54 Å². The summed E-state index contributed by atoms with van der Waals surface area (Å²) in [7, 11) is 0. The molecule has 0 amide bonds. The fourth-order valence-corrected chi connectivity index (χ4v) is 9.24. The topological polar surface area (TPSA) is 46.2 Å². The minimum absolute atomic E-state index is 0.0766. The number of aliphatic hydroxyl groups is 1. The van der Waals surface area contributed by atoms with E-state index < -0.39 is 0 Å². The summed E-state index contributed by atoms with van der Waals surface area (Å²) in [6.07, 6.45) is 22.3. The quantitative estimate of drug-likeness (QED) is 0.252. The summed E-state index contributed by atoms with van der Waals surface area (Å²) < 4.78 is 0. The highest BCUT2D eigenvalue weighted by Crippen LogP contribution is 2.67. The smallest absolute Gasteiger partial charge is 0.0577 e. The van der Waals surface area contributed by atoms with Crippen molar-refractivity contribution in [3.63, 3.8) is 0 Å². The van der Waals surface area contributed by atoms with Crippen LogP contribution in [0, 0.1) is 46.3 Å². The van der Waals surface area contributed by atoms with Gasteiger partial charge in [-0.15, -0.1) is 0 Å². The fourth-order valence-electron chi connectivity index (χ4n) is 9.24. The van der Waals surface area contributed by atoms with Crippen molar-refractivity contribution in [2.45, 2.75) is 144 Å². The lowest BCUT2D eigenvalue weighted by Crippen LogP contribution is -2.50. The maximum Gasteiger partial charge on any atom is 0.0577 e. The van der Waals surface area contributed by atoms with Crippen molar-refractivity contribution in [1.82, 2.24) is 0 Å². The Balaban J connectivity index is 0.000000429. The van der Waals surface area contributed by atoms with Gasteiger partial charge in [0.25, 0.3) is 0 Å². The third-order valence-electron chi connectivity index (χ3n) is 11.3. The van der Waals surface area contributed by atoms with Gasteiger partial charge in [-0.05, 0) is 111 Å². The van der Waals surface area contributed by atoms with Crippen LogP contribution in [0.3, 0.4) is 0 Å². The lowest BCUT2D eigenvalue weighted by molar-refractivity contribution is -0.0573. The summed E-state index contributed by atoms with van der Waals surface area (Å²) in [4.78, 5) is 0. The first-order valence-corrected chi connectivity index (χ1v) is 15.7. The van der Waals surface area contributed by atoms with E-state index in [1.807, 2.05) is 0 Å². The monoisotopic (exact) mass is 487 g/mol. The predicted molar refractivity (Wildman–Crippen MR) is 152 cm³/mol. The van der Waals surface area contributed by atoms with Crippen LogP contribution in [0.1, 0.15) is 138 Å². The molecule has 0 radical (unpaired) electrons. The van der Waals surface area contributed by atoms with Crippen LogP contribution in [0.15, 0.2) is 11.6 Å². The van der Waals surface area contributed by atoms with E-state index in [-0.39, 0.29) is 6.10 Å². The maximum absolute atomic E-state index is 10.2. The Morgan fingerprint density at radius 3 is 2.40 bits per heavy atom. The molecule has 2 nitrogen and oxygen atoms in total. The molecule has 3 fully saturated rings. The molecule has 0 aromatic carbocycles. The highest BCUT2D eigenvalue weighted by molar-refractivity contribution is 5.25. The lowest BCUT2D eigenvalue weighted by Gasteiger charge is -2.58. The van der Waals surface area contributed by atoms with Crippen molar-refractivity contribution in [3.05, 3.63) is 11.6 Å².